The average molecular weight is 110 g/mol. The third kappa shape index (κ3) is 3.34. The van der Waals surface area contributed by atoms with Gasteiger partial charge < -0.3 is 0 Å². The summed E-state index contributed by atoms with van der Waals surface area (Å²) in [6.45, 7) is 3.64. The normalized spacial score (nSPS) is 11.2. The Morgan fingerprint density at radius 3 is 1.75 bits per heavy atom. The van der Waals surface area contributed by atoms with E-state index in [-0.39, 0.29) is 5.78 Å². The number of carbonyl (C=O) groups excluding carboxylic acids is 1. The van der Waals surface area contributed by atoms with E-state index in [0.29, 0.717) is 0 Å². The molecule has 44 valence electrons. The van der Waals surface area contributed by atoms with E-state index in [1.165, 1.54) is 12.2 Å². The van der Waals surface area contributed by atoms with E-state index >= 15 is 0 Å². The van der Waals surface area contributed by atoms with Crippen LogP contribution in [0.1, 0.15) is 13.8 Å². The number of hydrogen-bond acceptors (Lipinski definition) is 1. The number of allylic oxidation sites excluding steroid dienone is 4. The Labute approximate surface area is 49.7 Å². The Kier molecular flexibility index (Phi) is 3.85. The summed E-state index contributed by atoms with van der Waals surface area (Å²) in [5.41, 5.74) is 0. The molecule has 8 heavy (non-hydrogen) atoms. The van der Waals surface area contributed by atoms with E-state index in [1.807, 2.05) is 13.8 Å². The molecule has 0 aliphatic heterocycles. The average Bonchev–Trinajstić information content (AvgIpc) is 1.68. The Balaban J connectivity index is 3.66. The second-order valence-corrected chi connectivity index (χ2v) is 1.40. The molecule has 0 bridgehead atoms. The van der Waals surface area contributed by atoms with Crippen LogP contribution in [0.4, 0.5) is 0 Å². The summed E-state index contributed by atoms with van der Waals surface area (Å²) in [5, 5.41) is 0. The van der Waals surface area contributed by atoms with Crippen molar-refractivity contribution in [3.63, 3.8) is 0 Å². The van der Waals surface area contributed by atoms with Crippen molar-refractivity contribution in [3.8, 4) is 0 Å². The Morgan fingerprint density at radius 2 is 1.50 bits per heavy atom. The SMILES string of the molecule is CC=CC(=O)C=CC. The third-order valence-corrected chi connectivity index (χ3v) is 0.662. The molecule has 0 rings (SSSR count). The minimum atomic E-state index is 0.0509. The summed E-state index contributed by atoms with van der Waals surface area (Å²) in [7, 11) is 0. The molecular weight excluding hydrogens is 100 g/mol. The first-order valence-corrected chi connectivity index (χ1v) is 2.60. The van der Waals surface area contributed by atoms with Gasteiger partial charge in [-0.25, -0.2) is 0 Å². The van der Waals surface area contributed by atoms with Crippen LogP contribution in [0.2, 0.25) is 0 Å². The predicted octanol–water partition coefficient (Wildman–Crippen LogP) is 1.71. The fourth-order valence-corrected chi connectivity index (χ4v) is 0.384. The van der Waals surface area contributed by atoms with Gasteiger partial charge in [0.2, 0.25) is 0 Å². The highest BCUT2D eigenvalue weighted by Crippen LogP contribution is 1.78. The molecule has 0 radical (unpaired) electrons. The molecule has 1 nitrogen and oxygen atoms in total. The van der Waals surface area contributed by atoms with Gasteiger partial charge in [0, 0.05) is 0 Å². The van der Waals surface area contributed by atoms with Crippen LogP contribution >= 0.6 is 0 Å². The molecule has 0 aromatic rings. The maximum absolute atomic E-state index is 10.5. The third-order valence-electron chi connectivity index (χ3n) is 0.662. The van der Waals surface area contributed by atoms with E-state index < -0.39 is 0 Å². The first-order valence-electron chi connectivity index (χ1n) is 2.60. The maximum atomic E-state index is 10.5. The van der Waals surface area contributed by atoms with Crippen LogP contribution in [-0.2, 0) is 4.79 Å². The number of carbonyl (C=O) groups is 1. The van der Waals surface area contributed by atoms with Crippen LogP contribution in [0.5, 0.6) is 0 Å². The maximum Gasteiger partial charge on any atom is 0.177 e. The first-order chi connectivity index (χ1) is 3.81. The van der Waals surface area contributed by atoms with Crippen molar-refractivity contribution < 1.29 is 4.79 Å². The molecular formula is C7H10O. The fourth-order valence-electron chi connectivity index (χ4n) is 0.384. The standard InChI is InChI=1S/C7H10O/c1-3-5-7(8)6-4-2/h3-6H,1-2H3. The number of hydrogen-bond donors (Lipinski definition) is 0. The van der Waals surface area contributed by atoms with E-state index in [2.05, 4.69) is 0 Å². The number of ketones is 1. The topological polar surface area (TPSA) is 17.1 Å². The van der Waals surface area contributed by atoms with Gasteiger partial charge in [-0.05, 0) is 26.0 Å². The van der Waals surface area contributed by atoms with Gasteiger partial charge in [-0.15, -0.1) is 0 Å². The summed E-state index contributed by atoms with van der Waals surface area (Å²) >= 11 is 0. The molecule has 0 atom stereocenters. The van der Waals surface area contributed by atoms with Crippen molar-refractivity contribution in [2.75, 3.05) is 0 Å². The molecule has 0 fully saturated rings. The van der Waals surface area contributed by atoms with Crippen molar-refractivity contribution in [2.24, 2.45) is 0 Å². The smallest absolute Gasteiger partial charge is 0.177 e. The molecule has 0 amide bonds. The van der Waals surface area contributed by atoms with Gasteiger partial charge in [-0.2, -0.15) is 0 Å². The van der Waals surface area contributed by atoms with Gasteiger partial charge in [0.15, 0.2) is 5.78 Å². The lowest BCUT2D eigenvalue weighted by Crippen LogP contribution is -1.81. The molecule has 0 aromatic carbocycles. The van der Waals surface area contributed by atoms with Crippen LogP contribution in [-0.4, -0.2) is 5.78 Å². The summed E-state index contributed by atoms with van der Waals surface area (Å²) < 4.78 is 0. The lowest BCUT2D eigenvalue weighted by atomic mass is 10.3. The minimum absolute atomic E-state index is 0.0509. The molecule has 0 aliphatic carbocycles. The molecule has 0 aliphatic rings. The molecule has 0 N–H and O–H groups in total. The van der Waals surface area contributed by atoms with E-state index in [4.69, 9.17) is 0 Å². The van der Waals surface area contributed by atoms with E-state index in [9.17, 15) is 4.79 Å². The molecule has 1 heteroatoms. The van der Waals surface area contributed by atoms with Crippen LogP contribution < -0.4 is 0 Å². The van der Waals surface area contributed by atoms with Gasteiger partial charge >= 0.3 is 0 Å². The van der Waals surface area contributed by atoms with Gasteiger partial charge in [0.05, 0.1) is 0 Å². The second-order valence-electron chi connectivity index (χ2n) is 1.40. The van der Waals surface area contributed by atoms with Crippen molar-refractivity contribution in [2.45, 2.75) is 13.8 Å². The van der Waals surface area contributed by atoms with Crippen molar-refractivity contribution in [1.29, 1.82) is 0 Å². The lowest BCUT2D eigenvalue weighted by molar-refractivity contribution is -0.110. The highest BCUT2D eigenvalue weighted by molar-refractivity contribution is 5.98. The molecule has 0 aromatic heterocycles. The largest absolute Gasteiger partial charge is 0.290 e. The van der Waals surface area contributed by atoms with Crippen molar-refractivity contribution in [3.05, 3.63) is 24.3 Å². The van der Waals surface area contributed by atoms with E-state index in [0.717, 1.165) is 0 Å². The monoisotopic (exact) mass is 110 g/mol. The summed E-state index contributed by atoms with van der Waals surface area (Å²) in [6.07, 6.45) is 6.50. The van der Waals surface area contributed by atoms with Crippen LogP contribution in [0.3, 0.4) is 0 Å². The van der Waals surface area contributed by atoms with Gasteiger partial charge in [-0.1, -0.05) is 12.2 Å². The fraction of sp³-hybridized carbons (Fsp3) is 0.286. The summed E-state index contributed by atoms with van der Waals surface area (Å²) in [5.74, 6) is 0.0509. The van der Waals surface area contributed by atoms with Gasteiger partial charge in [0.25, 0.3) is 0 Å². The van der Waals surface area contributed by atoms with Crippen LogP contribution in [0.15, 0.2) is 24.3 Å². The highest BCUT2D eigenvalue weighted by Gasteiger charge is 1.80. The summed E-state index contributed by atoms with van der Waals surface area (Å²) in [4.78, 5) is 10.5. The van der Waals surface area contributed by atoms with Gasteiger partial charge in [-0.3, -0.25) is 4.79 Å². The zero-order chi connectivity index (χ0) is 6.41. The highest BCUT2D eigenvalue weighted by atomic mass is 16.1. The molecule has 0 saturated heterocycles. The van der Waals surface area contributed by atoms with Crippen LogP contribution in [0, 0.1) is 0 Å². The predicted molar refractivity (Wildman–Crippen MR) is 34.6 cm³/mol. The molecule has 0 heterocycles. The molecule has 0 unspecified atom stereocenters. The zero-order valence-corrected chi connectivity index (χ0v) is 5.22. The van der Waals surface area contributed by atoms with Gasteiger partial charge in [0.1, 0.15) is 0 Å². The zero-order valence-electron chi connectivity index (χ0n) is 5.22. The lowest BCUT2D eigenvalue weighted by Gasteiger charge is -1.75. The molecule has 0 spiro atoms. The quantitative estimate of drug-likeness (QED) is 0.494. The second kappa shape index (κ2) is 4.31. The first kappa shape index (κ1) is 7.15. The molecule has 0 saturated carbocycles. The number of rotatable bonds is 2. The van der Waals surface area contributed by atoms with Crippen molar-refractivity contribution in [1.82, 2.24) is 0 Å². The summed E-state index contributed by atoms with van der Waals surface area (Å²) in [6, 6.07) is 0. The minimum Gasteiger partial charge on any atom is -0.290 e. The van der Waals surface area contributed by atoms with E-state index in [1.54, 1.807) is 12.2 Å². The Bertz CT molecular complexity index is 106. The Morgan fingerprint density at radius 1 is 1.12 bits per heavy atom. The van der Waals surface area contributed by atoms with Crippen LogP contribution in [0.25, 0.3) is 0 Å². The van der Waals surface area contributed by atoms with Crippen molar-refractivity contribution >= 4 is 5.78 Å². The Hall–Kier alpha value is -0.850.